The second kappa shape index (κ2) is 4.45. The van der Waals surface area contributed by atoms with Gasteiger partial charge in [-0.25, -0.2) is 8.78 Å². The molecule has 1 aromatic rings. The van der Waals surface area contributed by atoms with E-state index in [1.165, 1.54) is 7.11 Å². The third-order valence-electron chi connectivity index (χ3n) is 1.58. The van der Waals surface area contributed by atoms with Gasteiger partial charge in [-0.2, -0.15) is 0 Å². The minimum atomic E-state index is -2.69. The van der Waals surface area contributed by atoms with E-state index in [9.17, 15) is 13.6 Å². The highest BCUT2D eigenvalue weighted by Gasteiger charge is 2.19. The van der Waals surface area contributed by atoms with Crippen LogP contribution in [0.15, 0.2) is 10.7 Å². The first kappa shape index (κ1) is 11.0. The van der Waals surface area contributed by atoms with Gasteiger partial charge in [-0.15, -0.1) is 0 Å². The molecule has 3 nitrogen and oxygen atoms in total. The first-order valence-corrected chi connectivity index (χ1v) is 4.36. The summed E-state index contributed by atoms with van der Waals surface area (Å²) in [5, 5.41) is 0. The zero-order valence-corrected chi connectivity index (χ0v) is 8.72. The van der Waals surface area contributed by atoms with Gasteiger partial charge in [0.25, 0.3) is 6.43 Å². The Hall–Kier alpha value is -1.04. The lowest BCUT2D eigenvalue weighted by atomic mass is 10.2. The number of nitrogens with zero attached hydrogens (tertiary/aromatic N) is 1. The van der Waals surface area contributed by atoms with E-state index in [2.05, 4.69) is 20.9 Å². The molecule has 0 aromatic carbocycles. The van der Waals surface area contributed by atoms with Gasteiger partial charge in [0.05, 0.1) is 17.1 Å². The maximum absolute atomic E-state index is 12.4. The maximum Gasteiger partial charge on any atom is 0.268 e. The van der Waals surface area contributed by atoms with Crippen LogP contribution in [0, 0.1) is 0 Å². The standard InChI is InChI=1S/C8H6BrF2NO2/c1-14-7-4(8(10)11)2-12-5(3-13)6(7)9/h2-3,8H,1H3. The third kappa shape index (κ3) is 1.89. The van der Waals surface area contributed by atoms with Crippen molar-refractivity contribution in [3.63, 3.8) is 0 Å². The molecule has 0 fully saturated rings. The monoisotopic (exact) mass is 265 g/mol. The van der Waals surface area contributed by atoms with Crippen LogP contribution in [0.1, 0.15) is 22.5 Å². The molecular formula is C8H6BrF2NO2. The second-order valence-corrected chi connectivity index (χ2v) is 3.16. The Morgan fingerprint density at radius 3 is 2.71 bits per heavy atom. The second-order valence-electron chi connectivity index (χ2n) is 2.36. The van der Waals surface area contributed by atoms with Crippen molar-refractivity contribution in [3.8, 4) is 5.75 Å². The van der Waals surface area contributed by atoms with Crippen LogP contribution in [0.5, 0.6) is 5.75 Å². The Labute approximate surface area is 87.2 Å². The highest BCUT2D eigenvalue weighted by Crippen LogP contribution is 2.35. The number of halogens is 3. The van der Waals surface area contributed by atoms with Gasteiger partial charge < -0.3 is 4.74 Å². The van der Waals surface area contributed by atoms with E-state index >= 15 is 0 Å². The topological polar surface area (TPSA) is 39.2 Å². The molecule has 0 aliphatic carbocycles. The molecule has 1 rings (SSSR count). The van der Waals surface area contributed by atoms with Crippen molar-refractivity contribution in [1.82, 2.24) is 4.98 Å². The average molecular weight is 266 g/mol. The zero-order chi connectivity index (χ0) is 10.7. The molecule has 0 unspecified atom stereocenters. The van der Waals surface area contributed by atoms with Gasteiger partial charge in [0, 0.05) is 6.20 Å². The van der Waals surface area contributed by atoms with E-state index in [4.69, 9.17) is 4.74 Å². The number of carbonyl (C=O) groups is 1. The van der Waals surface area contributed by atoms with Crippen LogP contribution >= 0.6 is 15.9 Å². The van der Waals surface area contributed by atoms with Gasteiger partial charge in [-0.1, -0.05) is 0 Å². The van der Waals surface area contributed by atoms with Gasteiger partial charge in [0.2, 0.25) is 0 Å². The van der Waals surface area contributed by atoms with Crippen LogP contribution in [-0.4, -0.2) is 18.4 Å². The van der Waals surface area contributed by atoms with Crippen molar-refractivity contribution in [2.75, 3.05) is 7.11 Å². The molecule has 1 heterocycles. The van der Waals surface area contributed by atoms with Crippen LogP contribution < -0.4 is 4.74 Å². The van der Waals surface area contributed by atoms with E-state index in [0.29, 0.717) is 6.29 Å². The van der Waals surface area contributed by atoms with E-state index < -0.39 is 6.43 Å². The lowest BCUT2D eigenvalue weighted by molar-refractivity contribution is 0.111. The molecule has 0 atom stereocenters. The molecule has 0 radical (unpaired) electrons. The molecule has 0 saturated heterocycles. The highest BCUT2D eigenvalue weighted by atomic mass is 79.9. The molecule has 0 saturated carbocycles. The SMILES string of the molecule is COc1c(C(F)F)cnc(C=O)c1Br. The summed E-state index contributed by atoms with van der Waals surface area (Å²) in [6, 6.07) is 0. The quantitative estimate of drug-likeness (QED) is 0.789. The van der Waals surface area contributed by atoms with Crippen molar-refractivity contribution in [1.29, 1.82) is 0 Å². The highest BCUT2D eigenvalue weighted by molar-refractivity contribution is 9.10. The fourth-order valence-electron chi connectivity index (χ4n) is 0.942. The van der Waals surface area contributed by atoms with E-state index in [0.717, 1.165) is 6.20 Å². The summed E-state index contributed by atoms with van der Waals surface area (Å²) in [6.07, 6.45) is -1.30. The number of pyridine rings is 1. The molecule has 0 aliphatic rings. The summed E-state index contributed by atoms with van der Waals surface area (Å²) in [5.41, 5.74) is -0.309. The zero-order valence-electron chi connectivity index (χ0n) is 7.13. The summed E-state index contributed by atoms with van der Waals surface area (Å²) in [6.45, 7) is 0. The van der Waals surface area contributed by atoms with Crippen molar-refractivity contribution in [3.05, 3.63) is 21.9 Å². The van der Waals surface area contributed by atoms with Crippen molar-refractivity contribution < 1.29 is 18.3 Å². The molecule has 1 aromatic heterocycles. The Morgan fingerprint density at radius 1 is 1.64 bits per heavy atom. The third-order valence-corrected chi connectivity index (χ3v) is 2.35. The molecule has 6 heteroatoms. The summed E-state index contributed by atoms with van der Waals surface area (Å²) in [5.74, 6) is -0.0582. The fraction of sp³-hybridized carbons (Fsp3) is 0.250. The molecule has 0 N–H and O–H groups in total. The molecule has 76 valence electrons. The number of rotatable bonds is 3. The molecule has 14 heavy (non-hydrogen) atoms. The van der Waals surface area contributed by atoms with Gasteiger partial charge in [0.1, 0.15) is 11.4 Å². The van der Waals surface area contributed by atoms with E-state index in [-0.39, 0.29) is 21.5 Å². The number of ether oxygens (including phenoxy) is 1. The van der Waals surface area contributed by atoms with E-state index in [1.807, 2.05) is 0 Å². The largest absolute Gasteiger partial charge is 0.495 e. The van der Waals surface area contributed by atoms with Crippen molar-refractivity contribution in [2.45, 2.75) is 6.43 Å². The van der Waals surface area contributed by atoms with Crippen molar-refractivity contribution in [2.24, 2.45) is 0 Å². The summed E-state index contributed by atoms with van der Waals surface area (Å²) in [7, 11) is 1.25. The number of hydrogen-bond acceptors (Lipinski definition) is 3. The number of alkyl halides is 2. The normalized spacial score (nSPS) is 10.4. The van der Waals surface area contributed by atoms with Gasteiger partial charge in [-0.05, 0) is 15.9 Å². The number of hydrogen-bond donors (Lipinski definition) is 0. The van der Waals surface area contributed by atoms with Gasteiger partial charge in [-0.3, -0.25) is 9.78 Å². The molecule has 0 spiro atoms. The summed E-state index contributed by atoms with van der Waals surface area (Å²) >= 11 is 2.97. The summed E-state index contributed by atoms with van der Waals surface area (Å²) in [4.78, 5) is 14.0. The molecule has 0 aliphatic heterocycles. The minimum absolute atomic E-state index is 0.0336. The van der Waals surface area contributed by atoms with Crippen LogP contribution in [0.2, 0.25) is 0 Å². The average Bonchev–Trinajstić information content (AvgIpc) is 2.17. The smallest absolute Gasteiger partial charge is 0.268 e. The molecule has 0 bridgehead atoms. The van der Waals surface area contributed by atoms with Gasteiger partial charge in [0.15, 0.2) is 6.29 Å². The Balaban J connectivity index is 3.35. The van der Waals surface area contributed by atoms with Crippen LogP contribution in [0.3, 0.4) is 0 Å². The minimum Gasteiger partial charge on any atom is -0.495 e. The van der Waals surface area contributed by atoms with E-state index in [1.54, 1.807) is 0 Å². The predicted molar refractivity (Wildman–Crippen MR) is 48.8 cm³/mol. The Morgan fingerprint density at radius 2 is 2.29 bits per heavy atom. The van der Waals surface area contributed by atoms with Crippen LogP contribution in [-0.2, 0) is 0 Å². The van der Waals surface area contributed by atoms with Crippen molar-refractivity contribution >= 4 is 22.2 Å². The molecule has 0 amide bonds. The number of carbonyl (C=O) groups excluding carboxylic acids is 1. The Bertz CT molecular complexity index is 357. The first-order valence-electron chi connectivity index (χ1n) is 3.57. The van der Waals surface area contributed by atoms with Crippen LogP contribution in [0.4, 0.5) is 8.78 Å². The maximum atomic E-state index is 12.4. The first-order chi connectivity index (χ1) is 6.61. The summed E-state index contributed by atoms with van der Waals surface area (Å²) < 4.78 is 29.7. The number of aromatic nitrogens is 1. The van der Waals surface area contributed by atoms with Gasteiger partial charge >= 0.3 is 0 Å². The molecular weight excluding hydrogens is 260 g/mol. The number of aldehydes is 1. The van der Waals surface area contributed by atoms with Crippen LogP contribution in [0.25, 0.3) is 0 Å². The lowest BCUT2D eigenvalue weighted by Crippen LogP contribution is -1.99. The number of methoxy groups -OCH3 is 1. The fourth-order valence-corrected chi connectivity index (χ4v) is 1.53. The lowest BCUT2D eigenvalue weighted by Gasteiger charge is -2.09. The Kier molecular flexibility index (Phi) is 3.51. The predicted octanol–water partition coefficient (Wildman–Crippen LogP) is 2.60.